The number of hydrogen-bond acceptors (Lipinski definition) is 4. The molecule has 1 N–H and O–H groups in total. The van der Waals surface area contributed by atoms with Crippen LogP contribution in [-0.4, -0.2) is 41.0 Å². The maximum atomic E-state index is 12.8. The number of ether oxygens (including phenoxy) is 1. The molecule has 1 aromatic carbocycles. The Hall–Kier alpha value is -2.40. The molecule has 1 amide bonds. The molecule has 1 aliphatic carbocycles. The van der Waals surface area contributed by atoms with E-state index in [0.717, 1.165) is 49.6 Å². The van der Waals surface area contributed by atoms with Gasteiger partial charge in [-0.2, -0.15) is 0 Å². The third-order valence-electron chi connectivity index (χ3n) is 6.43. The van der Waals surface area contributed by atoms with Crippen molar-refractivity contribution in [1.29, 1.82) is 0 Å². The van der Waals surface area contributed by atoms with Crippen molar-refractivity contribution >= 4 is 5.91 Å². The number of pyridine rings is 1. The number of para-hydroxylation sites is 1. The number of carbonyl (C=O) groups excluding carboxylic acids is 1. The Morgan fingerprint density at radius 2 is 1.89 bits per heavy atom. The number of nitrogens with one attached hydrogen (secondary N) is 1. The van der Waals surface area contributed by atoms with Crippen molar-refractivity contribution in [2.75, 3.05) is 19.6 Å². The van der Waals surface area contributed by atoms with Crippen LogP contribution < -0.4 is 10.1 Å². The average Bonchev–Trinajstić information content (AvgIpc) is 3.55. The summed E-state index contributed by atoms with van der Waals surface area (Å²) in [6, 6.07) is 11.6. The van der Waals surface area contributed by atoms with Crippen LogP contribution in [0.15, 0.2) is 48.8 Å². The highest BCUT2D eigenvalue weighted by Gasteiger charge is 2.44. The zero-order chi connectivity index (χ0) is 19.0. The molecule has 3 aliphatic rings. The highest BCUT2D eigenvalue weighted by molar-refractivity contribution is 5.94. The number of aromatic nitrogens is 1. The van der Waals surface area contributed by atoms with Crippen LogP contribution in [0.25, 0.3) is 0 Å². The molecule has 0 unspecified atom stereocenters. The van der Waals surface area contributed by atoms with E-state index in [-0.39, 0.29) is 17.6 Å². The van der Waals surface area contributed by atoms with E-state index in [1.54, 1.807) is 24.5 Å². The first-order chi connectivity index (χ1) is 13.7. The second kappa shape index (κ2) is 7.21. The third-order valence-corrected chi connectivity index (χ3v) is 6.43. The number of benzene rings is 1. The molecule has 28 heavy (non-hydrogen) atoms. The molecule has 2 fully saturated rings. The first-order valence-corrected chi connectivity index (χ1v) is 10.4. The van der Waals surface area contributed by atoms with E-state index in [0.29, 0.717) is 5.56 Å². The van der Waals surface area contributed by atoms with Gasteiger partial charge >= 0.3 is 0 Å². The number of carbonyl (C=O) groups is 1. The fourth-order valence-corrected chi connectivity index (χ4v) is 4.61. The third kappa shape index (κ3) is 3.63. The summed E-state index contributed by atoms with van der Waals surface area (Å²) in [7, 11) is 0. The van der Waals surface area contributed by atoms with Crippen molar-refractivity contribution in [2.45, 2.75) is 43.7 Å². The fraction of sp³-hybridized carbons (Fsp3) is 0.478. The normalized spacial score (nSPS) is 23.6. The Morgan fingerprint density at radius 1 is 1.14 bits per heavy atom. The summed E-state index contributed by atoms with van der Waals surface area (Å²) in [5.41, 5.74) is 1.55. The van der Waals surface area contributed by atoms with Gasteiger partial charge in [-0.25, -0.2) is 0 Å². The van der Waals surface area contributed by atoms with Gasteiger partial charge in [0, 0.05) is 49.6 Å². The van der Waals surface area contributed by atoms with Crippen molar-refractivity contribution in [1.82, 2.24) is 15.2 Å². The Kier molecular flexibility index (Phi) is 4.55. The molecule has 1 aromatic heterocycles. The molecule has 1 spiro atoms. The van der Waals surface area contributed by atoms with Crippen LogP contribution in [0.3, 0.4) is 0 Å². The molecular formula is C23H27N3O2. The summed E-state index contributed by atoms with van der Waals surface area (Å²) in [6.45, 7) is 3.42. The Balaban J connectivity index is 1.34. The van der Waals surface area contributed by atoms with Gasteiger partial charge in [-0.15, -0.1) is 0 Å². The largest absolute Gasteiger partial charge is 0.487 e. The van der Waals surface area contributed by atoms with Crippen molar-refractivity contribution in [2.24, 2.45) is 5.92 Å². The molecule has 0 radical (unpaired) electrons. The molecule has 0 bridgehead atoms. The van der Waals surface area contributed by atoms with Crippen LogP contribution in [0, 0.1) is 5.92 Å². The number of hydrogen-bond donors (Lipinski definition) is 1. The number of rotatable bonds is 4. The second-order valence-electron chi connectivity index (χ2n) is 8.53. The lowest BCUT2D eigenvalue weighted by Gasteiger charge is -2.47. The van der Waals surface area contributed by atoms with Crippen molar-refractivity contribution < 1.29 is 9.53 Å². The molecule has 5 nitrogen and oxygen atoms in total. The Morgan fingerprint density at radius 3 is 2.64 bits per heavy atom. The number of fused-ring (bicyclic) bond motifs is 1. The lowest BCUT2D eigenvalue weighted by atomic mass is 9.80. The number of amides is 1. The maximum Gasteiger partial charge on any atom is 0.251 e. The highest BCUT2D eigenvalue weighted by Crippen LogP contribution is 2.44. The molecular weight excluding hydrogens is 350 g/mol. The van der Waals surface area contributed by atoms with Gasteiger partial charge in [0.25, 0.3) is 5.91 Å². The molecule has 1 saturated heterocycles. The fourth-order valence-electron chi connectivity index (χ4n) is 4.61. The number of piperidine rings is 1. The topological polar surface area (TPSA) is 54.5 Å². The zero-order valence-electron chi connectivity index (χ0n) is 16.1. The van der Waals surface area contributed by atoms with Gasteiger partial charge in [0.05, 0.1) is 6.04 Å². The van der Waals surface area contributed by atoms with Gasteiger partial charge in [-0.05, 0) is 49.8 Å². The molecule has 146 valence electrons. The van der Waals surface area contributed by atoms with Crippen molar-refractivity contribution in [3.05, 3.63) is 59.9 Å². The quantitative estimate of drug-likeness (QED) is 0.885. The summed E-state index contributed by atoms with van der Waals surface area (Å²) in [5, 5.41) is 3.26. The van der Waals surface area contributed by atoms with Gasteiger partial charge in [-0.1, -0.05) is 18.2 Å². The Labute approximate surface area is 166 Å². The van der Waals surface area contributed by atoms with Crippen LogP contribution in [0.4, 0.5) is 0 Å². The Bertz CT molecular complexity index is 842. The average molecular weight is 377 g/mol. The van der Waals surface area contributed by atoms with Crippen molar-refractivity contribution in [3.8, 4) is 5.75 Å². The highest BCUT2D eigenvalue weighted by atomic mass is 16.5. The summed E-state index contributed by atoms with van der Waals surface area (Å²) in [5.74, 6) is 1.80. The zero-order valence-corrected chi connectivity index (χ0v) is 16.1. The molecule has 3 heterocycles. The van der Waals surface area contributed by atoms with Gasteiger partial charge in [0.2, 0.25) is 0 Å². The first kappa shape index (κ1) is 17.7. The van der Waals surface area contributed by atoms with Gasteiger partial charge in [0.15, 0.2) is 0 Å². The minimum absolute atomic E-state index is 0.0272. The van der Waals surface area contributed by atoms with Crippen LogP contribution in [0.5, 0.6) is 5.75 Å². The summed E-state index contributed by atoms with van der Waals surface area (Å²) in [4.78, 5) is 19.4. The monoisotopic (exact) mass is 377 g/mol. The van der Waals surface area contributed by atoms with Crippen LogP contribution in [-0.2, 0) is 0 Å². The van der Waals surface area contributed by atoms with Crippen LogP contribution >= 0.6 is 0 Å². The SMILES string of the molecule is O=C(N[C@H]1CC2(CCN(CC3CC3)CC2)Oc2ccccc21)c1ccncc1. The van der Waals surface area contributed by atoms with E-state index in [9.17, 15) is 4.79 Å². The van der Waals surface area contributed by atoms with Gasteiger partial charge in [0.1, 0.15) is 11.4 Å². The van der Waals surface area contributed by atoms with Crippen LogP contribution in [0.2, 0.25) is 0 Å². The molecule has 2 aliphatic heterocycles. The minimum atomic E-state index is -0.176. The van der Waals surface area contributed by atoms with E-state index in [2.05, 4.69) is 21.3 Å². The maximum absolute atomic E-state index is 12.8. The predicted molar refractivity (Wildman–Crippen MR) is 107 cm³/mol. The summed E-state index contributed by atoms with van der Waals surface area (Å²) in [6.07, 6.45) is 8.99. The van der Waals surface area contributed by atoms with E-state index >= 15 is 0 Å². The smallest absolute Gasteiger partial charge is 0.251 e. The van der Waals surface area contributed by atoms with E-state index in [4.69, 9.17) is 4.74 Å². The molecule has 2 aromatic rings. The van der Waals surface area contributed by atoms with Crippen LogP contribution in [0.1, 0.15) is 54.1 Å². The van der Waals surface area contributed by atoms with E-state index in [1.165, 1.54) is 19.4 Å². The van der Waals surface area contributed by atoms with Crippen molar-refractivity contribution in [3.63, 3.8) is 0 Å². The number of nitrogens with zero attached hydrogens (tertiary/aromatic N) is 2. The lowest BCUT2D eigenvalue weighted by molar-refractivity contribution is -0.0254. The van der Waals surface area contributed by atoms with Gasteiger partial charge < -0.3 is 15.0 Å². The summed E-state index contributed by atoms with van der Waals surface area (Å²) >= 11 is 0. The lowest BCUT2D eigenvalue weighted by Crippen LogP contribution is -2.52. The molecule has 1 atom stereocenters. The van der Waals surface area contributed by atoms with E-state index < -0.39 is 0 Å². The minimum Gasteiger partial charge on any atom is -0.487 e. The summed E-state index contributed by atoms with van der Waals surface area (Å²) < 4.78 is 6.56. The second-order valence-corrected chi connectivity index (χ2v) is 8.53. The first-order valence-electron chi connectivity index (χ1n) is 10.4. The standard InChI is InChI=1S/C23H27N3O2/c27-22(18-7-11-24-12-8-18)25-20-15-23(28-21-4-2-1-3-19(20)21)9-13-26(14-10-23)16-17-5-6-17/h1-4,7-8,11-12,17,20H,5-6,9-10,13-16H2,(H,25,27)/t20-/m0/s1. The molecule has 5 rings (SSSR count). The van der Waals surface area contributed by atoms with Gasteiger partial charge in [-0.3, -0.25) is 9.78 Å². The van der Waals surface area contributed by atoms with E-state index in [1.807, 2.05) is 18.2 Å². The molecule has 5 heteroatoms. The number of likely N-dealkylation sites (tertiary alicyclic amines) is 1. The molecule has 1 saturated carbocycles. The predicted octanol–water partition coefficient (Wildman–Crippen LogP) is 3.58.